The molecule has 1 aromatic heterocycles. The van der Waals surface area contributed by atoms with E-state index in [1.54, 1.807) is 6.07 Å². The Labute approximate surface area is 109 Å². The summed E-state index contributed by atoms with van der Waals surface area (Å²) in [6, 6.07) is 10.1. The molecule has 1 aromatic carbocycles. The van der Waals surface area contributed by atoms with Gasteiger partial charge in [-0.2, -0.15) is 5.10 Å². The van der Waals surface area contributed by atoms with Crippen LogP contribution >= 0.6 is 0 Å². The molecule has 0 aliphatic heterocycles. The minimum absolute atomic E-state index is 0.169. The van der Waals surface area contributed by atoms with Crippen molar-refractivity contribution < 1.29 is 4.79 Å². The van der Waals surface area contributed by atoms with Crippen LogP contribution in [0.25, 0.3) is 0 Å². The van der Waals surface area contributed by atoms with Crippen molar-refractivity contribution in [3.63, 3.8) is 0 Å². The van der Waals surface area contributed by atoms with Gasteiger partial charge in [-0.15, -0.1) is 0 Å². The normalized spacial score (nSPS) is 10.2. The van der Waals surface area contributed by atoms with Crippen molar-refractivity contribution >= 4 is 17.4 Å². The molecule has 2 rings (SSSR count). The molecule has 98 valence electrons. The van der Waals surface area contributed by atoms with E-state index in [9.17, 15) is 9.59 Å². The molecule has 1 heterocycles. The van der Waals surface area contributed by atoms with Gasteiger partial charge in [0.2, 0.25) is 5.91 Å². The maximum atomic E-state index is 11.8. The number of nitrogens with two attached hydrogens (primary N) is 1. The number of nitrogens with zero attached hydrogens (tertiary/aromatic N) is 2. The van der Waals surface area contributed by atoms with Crippen LogP contribution in [0.15, 0.2) is 41.2 Å². The molecule has 0 bridgehead atoms. The van der Waals surface area contributed by atoms with Crippen molar-refractivity contribution in [3.8, 4) is 0 Å². The summed E-state index contributed by atoms with van der Waals surface area (Å²) in [5.74, 6) is -0.131. The second kappa shape index (κ2) is 5.34. The zero-order valence-electron chi connectivity index (χ0n) is 10.5. The van der Waals surface area contributed by atoms with Gasteiger partial charge in [0.1, 0.15) is 12.4 Å². The molecule has 0 fully saturated rings. The quantitative estimate of drug-likeness (QED) is 0.851. The van der Waals surface area contributed by atoms with Gasteiger partial charge in [-0.3, -0.25) is 9.59 Å². The van der Waals surface area contributed by atoms with Crippen molar-refractivity contribution in [2.75, 3.05) is 11.1 Å². The number of carbonyl (C=O) groups excluding carboxylic acids is 1. The number of hydrogen-bond acceptors (Lipinski definition) is 4. The molecule has 3 N–H and O–H groups in total. The Balaban J connectivity index is 2.09. The summed E-state index contributed by atoms with van der Waals surface area (Å²) in [6.07, 6.45) is 0. The fourth-order valence-corrected chi connectivity index (χ4v) is 1.64. The molecule has 0 saturated heterocycles. The highest BCUT2D eigenvalue weighted by atomic mass is 16.2. The number of aromatic nitrogens is 2. The van der Waals surface area contributed by atoms with Crippen LogP contribution < -0.4 is 16.6 Å². The van der Waals surface area contributed by atoms with Gasteiger partial charge in [0.15, 0.2) is 0 Å². The first-order chi connectivity index (χ1) is 9.04. The van der Waals surface area contributed by atoms with Crippen molar-refractivity contribution in [1.29, 1.82) is 0 Å². The van der Waals surface area contributed by atoms with Crippen molar-refractivity contribution in [2.45, 2.75) is 13.5 Å². The molecule has 6 nitrogen and oxygen atoms in total. The van der Waals surface area contributed by atoms with Crippen LogP contribution in [-0.4, -0.2) is 15.7 Å². The first kappa shape index (κ1) is 12.8. The molecule has 1 amide bonds. The highest BCUT2D eigenvalue weighted by Gasteiger charge is 2.06. The molecule has 0 spiro atoms. The lowest BCUT2D eigenvalue weighted by molar-refractivity contribution is -0.117. The zero-order chi connectivity index (χ0) is 13.8. The highest BCUT2D eigenvalue weighted by molar-refractivity contribution is 5.90. The zero-order valence-corrected chi connectivity index (χ0v) is 10.5. The Morgan fingerprint density at radius 1 is 1.37 bits per heavy atom. The number of hydrogen-bond donors (Lipinski definition) is 2. The highest BCUT2D eigenvalue weighted by Crippen LogP contribution is 2.09. The summed E-state index contributed by atoms with van der Waals surface area (Å²) >= 11 is 0. The number of anilines is 2. The number of carbonyl (C=O) groups is 1. The molecule has 0 unspecified atom stereocenters. The average molecular weight is 258 g/mol. The summed E-state index contributed by atoms with van der Waals surface area (Å²) in [6.45, 7) is 1.76. The second-order valence-corrected chi connectivity index (χ2v) is 4.17. The fourth-order valence-electron chi connectivity index (χ4n) is 1.64. The summed E-state index contributed by atoms with van der Waals surface area (Å²) in [7, 11) is 0. The lowest BCUT2D eigenvalue weighted by Gasteiger charge is -2.07. The summed E-state index contributed by atoms with van der Waals surface area (Å²) in [5.41, 5.74) is 6.83. The minimum atomic E-state index is -0.367. The third kappa shape index (κ3) is 3.41. The number of amides is 1. The first-order valence-electron chi connectivity index (χ1n) is 5.75. The van der Waals surface area contributed by atoms with E-state index in [1.807, 2.05) is 25.1 Å². The molecule has 0 aliphatic rings. The maximum Gasteiger partial charge on any atom is 0.267 e. The molecule has 0 aliphatic carbocycles. The second-order valence-electron chi connectivity index (χ2n) is 4.17. The maximum absolute atomic E-state index is 11.8. The lowest BCUT2D eigenvalue weighted by Crippen LogP contribution is -2.29. The predicted octanol–water partition coefficient (Wildman–Crippen LogP) is 0.773. The monoisotopic (exact) mass is 258 g/mol. The molecule has 0 saturated carbocycles. The predicted molar refractivity (Wildman–Crippen MR) is 72.7 cm³/mol. The number of rotatable bonds is 3. The molecule has 19 heavy (non-hydrogen) atoms. The summed E-state index contributed by atoms with van der Waals surface area (Å²) in [4.78, 5) is 23.3. The topological polar surface area (TPSA) is 90.0 Å². The van der Waals surface area contributed by atoms with Crippen LogP contribution in [-0.2, 0) is 11.3 Å². The number of benzene rings is 1. The van der Waals surface area contributed by atoms with Crippen LogP contribution in [0.2, 0.25) is 0 Å². The van der Waals surface area contributed by atoms with Crippen LogP contribution in [0.3, 0.4) is 0 Å². The SMILES string of the molecule is Cc1cccc(NC(=O)Cn2nc(N)ccc2=O)c1. The standard InChI is InChI=1S/C13H14N4O2/c1-9-3-2-4-10(7-9)15-12(18)8-17-13(19)6-5-11(14)16-17/h2-7H,8H2,1H3,(H2,14,16)(H,15,18). The van der Waals surface area contributed by atoms with Crippen LogP contribution in [0, 0.1) is 6.92 Å². The largest absolute Gasteiger partial charge is 0.382 e. The Morgan fingerprint density at radius 3 is 2.89 bits per heavy atom. The van der Waals surface area contributed by atoms with E-state index in [0.717, 1.165) is 10.2 Å². The van der Waals surface area contributed by atoms with Crippen LogP contribution in [0.1, 0.15) is 5.56 Å². The molecule has 2 aromatic rings. The molecular weight excluding hydrogens is 244 g/mol. The van der Waals surface area contributed by atoms with E-state index >= 15 is 0 Å². The Bertz CT molecular complexity index is 664. The number of nitrogen functional groups attached to an aromatic ring is 1. The van der Waals surface area contributed by atoms with Gasteiger partial charge in [-0.05, 0) is 30.7 Å². The Hall–Kier alpha value is -2.63. The molecular formula is C13H14N4O2. The van der Waals surface area contributed by atoms with E-state index < -0.39 is 0 Å². The molecule has 0 atom stereocenters. The van der Waals surface area contributed by atoms with Gasteiger partial charge in [-0.1, -0.05) is 12.1 Å². The van der Waals surface area contributed by atoms with Gasteiger partial charge in [0.05, 0.1) is 0 Å². The van der Waals surface area contributed by atoms with Gasteiger partial charge < -0.3 is 11.1 Å². The number of nitrogens with one attached hydrogen (secondary N) is 1. The lowest BCUT2D eigenvalue weighted by atomic mass is 10.2. The summed E-state index contributed by atoms with van der Waals surface area (Å²) in [5, 5.41) is 6.49. The molecule has 0 radical (unpaired) electrons. The van der Waals surface area contributed by atoms with Gasteiger partial charge in [0.25, 0.3) is 5.56 Å². The van der Waals surface area contributed by atoms with E-state index in [4.69, 9.17) is 5.73 Å². The smallest absolute Gasteiger partial charge is 0.267 e. The minimum Gasteiger partial charge on any atom is -0.382 e. The van der Waals surface area contributed by atoms with Crippen molar-refractivity contribution in [3.05, 3.63) is 52.3 Å². The van der Waals surface area contributed by atoms with Crippen molar-refractivity contribution in [1.82, 2.24) is 9.78 Å². The Morgan fingerprint density at radius 2 is 2.16 bits per heavy atom. The third-order valence-electron chi connectivity index (χ3n) is 2.48. The molecule has 6 heteroatoms. The third-order valence-corrected chi connectivity index (χ3v) is 2.48. The van der Waals surface area contributed by atoms with E-state index in [0.29, 0.717) is 5.69 Å². The van der Waals surface area contributed by atoms with Crippen LogP contribution in [0.5, 0.6) is 0 Å². The Kier molecular flexibility index (Phi) is 3.61. The average Bonchev–Trinajstić information content (AvgIpc) is 2.34. The van der Waals surface area contributed by atoms with Gasteiger partial charge in [0, 0.05) is 11.8 Å². The fraction of sp³-hybridized carbons (Fsp3) is 0.154. The van der Waals surface area contributed by atoms with E-state index in [-0.39, 0.29) is 23.8 Å². The van der Waals surface area contributed by atoms with Gasteiger partial charge >= 0.3 is 0 Å². The first-order valence-corrected chi connectivity index (χ1v) is 5.75. The van der Waals surface area contributed by atoms with Crippen molar-refractivity contribution in [2.24, 2.45) is 0 Å². The van der Waals surface area contributed by atoms with Crippen LogP contribution in [0.4, 0.5) is 11.5 Å². The van der Waals surface area contributed by atoms with E-state index in [2.05, 4.69) is 10.4 Å². The summed E-state index contributed by atoms with van der Waals surface area (Å²) < 4.78 is 1.03. The number of aryl methyl sites for hydroxylation is 1. The van der Waals surface area contributed by atoms with E-state index in [1.165, 1.54) is 12.1 Å². The van der Waals surface area contributed by atoms with Gasteiger partial charge in [-0.25, -0.2) is 4.68 Å².